The van der Waals surface area contributed by atoms with Crippen LogP contribution in [0.25, 0.3) is 12.2 Å². The summed E-state index contributed by atoms with van der Waals surface area (Å²) in [4.78, 5) is 31.6. The van der Waals surface area contributed by atoms with Gasteiger partial charge in [0.2, 0.25) is 0 Å². The van der Waals surface area contributed by atoms with Gasteiger partial charge in [-0.3, -0.25) is 14.6 Å². The van der Waals surface area contributed by atoms with Gasteiger partial charge in [0.25, 0.3) is 5.91 Å². The van der Waals surface area contributed by atoms with Crippen LogP contribution in [0, 0.1) is 0 Å². The van der Waals surface area contributed by atoms with E-state index in [0.29, 0.717) is 38.8 Å². The van der Waals surface area contributed by atoms with E-state index in [0.717, 1.165) is 16.6 Å². The third kappa shape index (κ3) is 3.97. The zero-order valence-electron chi connectivity index (χ0n) is 15.7. The molecule has 2 aromatic carbocycles. The molecule has 7 nitrogen and oxygen atoms in total. The summed E-state index contributed by atoms with van der Waals surface area (Å²) >= 11 is 1.00. The number of para-hydroxylation sites is 1. The fourth-order valence-electron chi connectivity index (χ4n) is 2.92. The van der Waals surface area contributed by atoms with Crippen LogP contribution in [0.2, 0.25) is 0 Å². The average Bonchev–Trinajstić information content (AvgIpc) is 3.06. The number of carbonyl (C=O) groups excluding carboxylic acids is 1. The Hall–Kier alpha value is -3.65. The lowest BCUT2D eigenvalue weighted by molar-refractivity contribution is -0.114. The van der Waals surface area contributed by atoms with E-state index in [1.165, 1.54) is 0 Å². The van der Waals surface area contributed by atoms with E-state index < -0.39 is 0 Å². The summed E-state index contributed by atoms with van der Waals surface area (Å²) in [6, 6.07) is 12.7. The maximum atomic E-state index is 12.4. The zero-order chi connectivity index (χ0) is 20.4. The van der Waals surface area contributed by atoms with Gasteiger partial charge in [0.1, 0.15) is 17.3 Å². The first-order valence-corrected chi connectivity index (χ1v) is 9.52. The molecule has 8 heteroatoms. The summed E-state index contributed by atoms with van der Waals surface area (Å²) in [6.45, 7) is 0. The van der Waals surface area contributed by atoms with Crippen molar-refractivity contribution >= 4 is 40.9 Å². The Balaban J connectivity index is 1.73. The summed E-state index contributed by atoms with van der Waals surface area (Å²) in [6.07, 6.45) is 3.43. The second-order valence-corrected chi connectivity index (χ2v) is 7.21. The van der Waals surface area contributed by atoms with E-state index in [-0.39, 0.29) is 10.8 Å². The quantitative estimate of drug-likeness (QED) is 0.633. The molecule has 0 aliphatic carbocycles. The molecule has 0 radical (unpaired) electrons. The first-order valence-electron chi connectivity index (χ1n) is 8.70. The number of H-pyrrole nitrogens is 1. The molecule has 146 valence electrons. The lowest BCUT2D eigenvalue weighted by atomic mass is 10.1. The number of nitrogens with zero attached hydrogens (tertiary/aromatic N) is 1. The highest BCUT2D eigenvalue weighted by Crippen LogP contribution is 2.30. The second-order valence-electron chi connectivity index (χ2n) is 6.20. The van der Waals surface area contributed by atoms with E-state index in [1.54, 1.807) is 50.6 Å². The van der Waals surface area contributed by atoms with Gasteiger partial charge in [-0.25, -0.2) is 4.99 Å². The van der Waals surface area contributed by atoms with Gasteiger partial charge in [0.15, 0.2) is 0 Å². The molecule has 0 fully saturated rings. The van der Waals surface area contributed by atoms with E-state index in [1.807, 2.05) is 18.2 Å². The Bertz CT molecular complexity index is 1280. The number of methoxy groups -OCH3 is 2. The van der Waals surface area contributed by atoms with Crippen molar-refractivity contribution in [3.05, 3.63) is 73.2 Å². The molecule has 2 N–H and O–H groups in total. The summed E-state index contributed by atoms with van der Waals surface area (Å²) in [5.41, 5.74) is 1.08. The van der Waals surface area contributed by atoms with Crippen molar-refractivity contribution in [2.45, 2.75) is 0 Å². The van der Waals surface area contributed by atoms with Crippen molar-refractivity contribution in [2.75, 3.05) is 19.5 Å². The number of fused-ring (bicyclic) bond motifs is 1. The van der Waals surface area contributed by atoms with Crippen LogP contribution in [-0.4, -0.2) is 25.1 Å². The number of aromatic amines is 1. The summed E-state index contributed by atoms with van der Waals surface area (Å²) in [5.74, 6) is 1.34. The van der Waals surface area contributed by atoms with Crippen molar-refractivity contribution in [3.8, 4) is 11.5 Å². The van der Waals surface area contributed by atoms with Gasteiger partial charge in [-0.15, -0.1) is 0 Å². The van der Waals surface area contributed by atoms with Crippen LogP contribution in [0.3, 0.4) is 0 Å². The maximum absolute atomic E-state index is 12.4. The Morgan fingerprint density at radius 2 is 1.79 bits per heavy atom. The Morgan fingerprint density at radius 3 is 2.52 bits per heavy atom. The van der Waals surface area contributed by atoms with E-state index in [4.69, 9.17) is 9.47 Å². The number of benzene rings is 2. The van der Waals surface area contributed by atoms with Gasteiger partial charge in [0.05, 0.1) is 24.5 Å². The minimum atomic E-state index is -0.349. The topological polar surface area (TPSA) is 92.8 Å². The van der Waals surface area contributed by atoms with Crippen LogP contribution in [0.1, 0.15) is 4.88 Å². The molecule has 0 atom stereocenters. The molecular formula is C21H17N3O4S. The number of ether oxygens (including phenoxy) is 2. The molecule has 3 aromatic rings. The standard InChI is InChI=1S/C21H17N3O4S/c1-27-15-9-14(10-16(11-15)28-2)22-19-18(29-21(26)24-19)8-13-7-12-5-3-4-6-17(12)23-20(13)25/h3-11,22H,1-2H3,(H,24,26). The van der Waals surface area contributed by atoms with Crippen LogP contribution in [0.4, 0.5) is 11.5 Å². The highest BCUT2D eigenvalue weighted by atomic mass is 32.1. The number of aromatic nitrogens is 1. The summed E-state index contributed by atoms with van der Waals surface area (Å²) in [7, 11) is 3.12. The minimum absolute atomic E-state index is 0.241. The SMILES string of the molecule is COc1cc(Nc2[nH]c(=O)sc2C=C2C=c3ccccc3=NC2=O)cc(OC)c1. The first kappa shape index (κ1) is 18.7. The molecule has 1 amide bonds. The number of hydrogen-bond acceptors (Lipinski definition) is 6. The normalized spacial score (nSPS) is 14.0. The Labute approximate surface area is 169 Å². The van der Waals surface area contributed by atoms with Crippen molar-refractivity contribution in [1.29, 1.82) is 0 Å². The van der Waals surface area contributed by atoms with E-state index in [2.05, 4.69) is 15.3 Å². The van der Waals surface area contributed by atoms with Crippen LogP contribution < -0.4 is 30.2 Å². The van der Waals surface area contributed by atoms with Gasteiger partial charge in [-0.05, 0) is 18.2 Å². The van der Waals surface area contributed by atoms with Gasteiger partial charge < -0.3 is 14.8 Å². The Morgan fingerprint density at radius 1 is 1.07 bits per heavy atom. The van der Waals surface area contributed by atoms with Crippen molar-refractivity contribution < 1.29 is 14.3 Å². The molecule has 1 aliphatic rings. The predicted octanol–water partition coefficient (Wildman–Crippen LogP) is 2.22. The second kappa shape index (κ2) is 7.76. The molecule has 0 bridgehead atoms. The van der Waals surface area contributed by atoms with Gasteiger partial charge >= 0.3 is 4.87 Å². The molecule has 1 aliphatic heterocycles. The molecule has 2 heterocycles. The third-order valence-electron chi connectivity index (χ3n) is 4.30. The number of thiazole rings is 1. The minimum Gasteiger partial charge on any atom is -0.497 e. The molecule has 0 unspecified atom stereocenters. The molecule has 0 saturated carbocycles. The molecule has 29 heavy (non-hydrogen) atoms. The molecule has 0 spiro atoms. The van der Waals surface area contributed by atoms with Gasteiger partial charge in [-0.2, -0.15) is 0 Å². The first-order chi connectivity index (χ1) is 14.1. The maximum Gasteiger partial charge on any atom is 0.306 e. The van der Waals surface area contributed by atoms with E-state index in [9.17, 15) is 9.59 Å². The average molecular weight is 407 g/mol. The number of carbonyl (C=O) groups is 1. The summed E-state index contributed by atoms with van der Waals surface area (Å²) in [5, 5.41) is 4.65. The number of rotatable bonds is 5. The van der Waals surface area contributed by atoms with Crippen LogP contribution in [0.5, 0.6) is 11.5 Å². The smallest absolute Gasteiger partial charge is 0.306 e. The molecule has 1 aromatic heterocycles. The highest BCUT2D eigenvalue weighted by Gasteiger charge is 2.14. The highest BCUT2D eigenvalue weighted by molar-refractivity contribution is 7.10. The molecular weight excluding hydrogens is 390 g/mol. The molecule has 4 rings (SSSR count). The summed E-state index contributed by atoms with van der Waals surface area (Å²) < 4.78 is 10.6. The fourth-order valence-corrected chi connectivity index (χ4v) is 3.66. The number of amides is 1. The van der Waals surface area contributed by atoms with Gasteiger partial charge in [0, 0.05) is 34.7 Å². The zero-order valence-corrected chi connectivity index (χ0v) is 16.5. The fraction of sp³-hybridized carbons (Fsp3) is 0.0952. The number of nitrogens with one attached hydrogen (secondary N) is 2. The third-order valence-corrected chi connectivity index (χ3v) is 5.13. The largest absolute Gasteiger partial charge is 0.497 e. The number of hydrogen-bond donors (Lipinski definition) is 2. The van der Waals surface area contributed by atoms with E-state index >= 15 is 0 Å². The van der Waals surface area contributed by atoms with Crippen molar-refractivity contribution in [1.82, 2.24) is 4.98 Å². The lowest BCUT2D eigenvalue weighted by Gasteiger charge is -2.10. The predicted molar refractivity (Wildman–Crippen MR) is 112 cm³/mol. The van der Waals surface area contributed by atoms with Crippen molar-refractivity contribution in [3.63, 3.8) is 0 Å². The monoisotopic (exact) mass is 407 g/mol. The van der Waals surface area contributed by atoms with Crippen LogP contribution >= 0.6 is 11.3 Å². The van der Waals surface area contributed by atoms with Gasteiger partial charge in [-0.1, -0.05) is 29.5 Å². The van der Waals surface area contributed by atoms with Crippen molar-refractivity contribution in [2.24, 2.45) is 4.99 Å². The number of anilines is 2. The Kier molecular flexibility index (Phi) is 5.01. The van der Waals surface area contributed by atoms with Crippen LogP contribution in [0.15, 0.2) is 57.8 Å². The molecule has 0 saturated heterocycles. The van der Waals surface area contributed by atoms with Crippen LogP contribution in [-0.2, 0) is 4.79 Å². The lowest BCUT2D eigenvalue weighted by Crippen LogP contribution is -2.29.